The maximum absolute atomic E-state index is 12.7. The molecule has 0 heterocycles. The van der Waals surface area contributed by atoms with E-state index < -0.39 is 17.9 Å². The Bertz CT molecular complexity index is 1060. The van der Waals surface area contributed by atoms with Crippen LogP contribution in [-0.2, 0) is 4.79 Å². The number of halogens is 3. The second-order valence-corrected chi connectivity index (χ2v) is 9.96. The van der Waals surface area contributed by atoms with Crippen molar-refractivity contribution < 1.29 is 19.1 Å². The van der Waals surface area contributed by atoms with Gasteiger partial charge in [-0.3, -0.25) is 9.59 Å². The van der Waals surface area contributed by atoms with Gasteiger partial charge in [0.1, 0.15) is 6.04 Å². The monoisotopic (exact) mass is 619 g/mol. The fourth-order valence-corrected chi connectivity index (χ4v) is 3.96. The first-order valence-corrected chi connectivity index (χ1v) is 12.6. The Labute approximate surface area is 223 Å². The third kappa shape index (κ3) is 8.02. The molecule has 2 amide bonds. The molecule has 0 bridgehead atoms. The van der Waals surface area contributed by atoms with Gasteiger partial charge in [-0.05, 0) is 85.2 Å². The normalized spacial score (nSPS) is 12.2. The van der Waals surface area contributed by atoms with Crippen molar-refractivity contribution in [1.82, 2.24) is 10.7 Å². The Kier molecular flexibility index (Phi) is 10.9. The Hall–Kier alpha value is -2.04. The molecule has 0 radical (unpaired) electrons. The van der Waals surface area contributed by atoms with Gasteiger partial charge >= 0.3 is 0 Å². The summed E-state index contributed by atoms with van der Waals surface area (Å²) < 4.78 is 12.4. The lowest BCUT2D eigenvalue weighted by Gasteiger charge is -2.20. The van der Waals surface area contributed by atoms with Gasteiger partial charge in [-0.1, -0.05) is 37.0 Å². The minimum atomic E-state index is -0.806. The minimum absolute atomic E-state index is 0.00129. The molecule has 0 saturated heterocycles. The number of carbonyl (C=O) groups excluding carboxylic acids is 2. The van der Waals surface area contributed by atoms with Gasteiger partial charge in [0.2, 0.25) is 0 Å². The molecular formula is C24H28Cl2IN3O4. The highest BCUT2D eigenvalue weighted by Gasteiger charge is 2.25. The molecule has 184 valence electrons. The molecule has 1 atom stereocenters. The van der Waals surface area contributed by atoms with Crippen LogP contribution in [0.15, 0.2) is 35.4 Å². The summed E-state index contributed by atoms with van der Waals surface area (Å²) in [7, 11) is 0. The maximum Gasteiger partial charge on any atom is 0.262 e. The lowest BCUT2D eigenvalue weighted by Crippen LogP contribution is -2.48. The van der Waals surface area contributed by atoms with Gasteiger partial charge in [-0.15, -0.1) is 0 Å². The molecule has 0 fully saturated rings. The molecule has 0 saturated carbocycles. The lowest BCUT2D eigenvalue weighted by molar-refractivity contribution is -0.123. The van der Waals surface area contributed by atoms with Crippen LogP contribution >= 0.6 is 45.8 Å². The van der Waals surface area contributed by atoms with Crippen LogP contribution in [0.2, 0.25) is 10.0 Å². The van der Waals surface area contributed by atoms with E-state index in [0.29, 0.717) is 28.7 Å². The number of rotatable bonds is 10. The van der Waals surface area contributed by atoms with E-state index in [2.05, 4.69) is 38.4 Å². The van der Waals surface area contributed by atoms with E-state index >= 15 is 0 Å². The van der Waals surface area contributed by atoms with Crippen molar-refractivity contribution in [3.63, 3.8) is 0 Å². The zero-order valence-corrected chi connectivity index (χ0v) is 23.3. The Balaban J connectivity index is 2.12. The van der Waals surface area contributed by atoms with Crippen LogP contribution < -0.4 is 20.2 Å². The predicted octanol–water partition coefficient (Wildman–Crippen LogP) is 5.69. The largest absolute Gasteiger partial charge is 0.490 e. The van der Waals surface area contributed by atoms with Gasteiger partial charge in [0.25, 0.3) is 11.8 Å². The summed E-state index contributed by atoms with van der Waals surface area (Å²) in [5.74, 6) is 0.209. The zero-order valence-electron chi connectivity index (χ0n) is 19.6. The smallest absolute Gasteiger partial charge is 0.262 e. The van der Waals surface area contributed by atoms with Crippen molar-refractivity contribution >= 4 is 63.8 Å². The summed E-state index contributed by atoms with van der Waals surface area (Å²) in [5.41, 5.74) is 3.53. The lowest BCUT2D eigenvalue weighted by atomic mass is 10.0. The molecule has 0 aliphatic rings. The van der Waals surface area contributed by atoms with Crippen LogP contribution in [-0.4, -0.2) is 36.8 Å². The van der Waals surface area contributed by atoms with Gasteiger partial charge in [0.15, 0.2) is 11.5 Å². The predicted molar refractivity (Wildman–Crippen MR) is 144 cm³/mol. The van der Waals surface area contributed by atoms with Crippen LogP contribution in [0.3, 0.4) is 0 Å². The molecule has 0 aliphatic heterocycles. The van der Waals surface area contributed by atoms with Crippen molar-refractivity contribution in [2.75, 3.05) is 6.61 Å². The standard InChI is InChI=1S/C24H28Cl2IN3O4/c1-6-33-20-10-15(9-19(27)22(20)34-14(4)5)12-28-30-24(32)21(13(2)3)29-23(31)16-7-8-17(25)18(26)11-16/h7-14,21H,6H2,1-5H3,(H,29,31)(H,30,32). The molecule has 2 aromatic carbocycles. The Morgan fingerprint density at radius 1 is 1.12 bits per heavy atom. The maximum atomic E-state index is 12.7. The quantitative estimate of drug-likeness (QED) is 0.203. The first-order valence-electron chi connectivity index (χ1n) is 10.7. The fraction of sp³-hybridized carbons (Fsp3) is 0.375. The van der Waals surface area contributed by atoms with Crippen LogP contribution in [0.4, 0.5) is 0 Å². The molecule has 0 spiro atoms. The third-order valence-corrected chi connectivity index (χ3v) is 6.03. The molecule has 7 nitrogen and oxygen atoms in total. The number of hydrogen-bond donors (Lipinski definition) is 2. The molecule has 34 heavy (non-hydrogen) atoms. The molecule has 2 N–H and O–H groups in total. The molecule has 1 unspecified atom stereocenters. The van der Waals surface area contributed by atoms with Crippen LogP contribution in [0.1, 0.15) is 50.5 Å². The number of ether oxygens (including phenoxy) is 2. The molecule has 2 rings (SSSR count). The van der Waals surface area contributed by atoms with Crippen molar-refractivity contribution in [3.8, 4) is 11.5 Å². The summed E-state index contributed by atoms with van der Waals surface area (Å²) in [6.45, 7) is 9.92. The average molecular weight is 620 g/mol. The first-order chi connectivity index (χ1) is 16.0. The average Bonchev–Trinajstić information content (AvgIpc) is 2.75. The summed E-state index contributed by atoms with van der Waals surface area (Å²) in [4.78, 5) is 25.4. The highest BCUT2D eigenvalue weighted by Crippen LogP contribution is 2.34. The van der Waals surface area contributed by atoms with E-state index in [1.165, 1.54) is 18.3 Å². The first kappa shape index (κ1) is 28.2. The molecular weight excluding hydrogens is 592 g/mol. The molecule has 0 aromatic heterocycles. The van der Waals surface area contributed by atoms with Gasteiger partial charge in [0, 0.05) is 5.56 Å². The van der Waals surface area contributed by atoms with Gasteiger partial charge in [-0.25, -0.2) is 5.43 Å². The van der Waals surface area contributed by atoms with Gasteiger partial charge < -0.3 is 14.8 Å². The van der Waals surface area contributed by atoms with Crippen LogP contribution in [0.5, 0.6) is 11.5 Å². The van der Waals surface area contributed by atoms with Crippen molar-refractivity contribution in [2.24, 2.45) is 11.0 Å². The van der Waals surface area contributed by atoms with E-state index in [-0.39, 0.29) is 17.0 Å². The van der Waals surface area contributed by atoms with Crippen molar-refractivity contribution in [2.45, 2.75) is 46.8 Å². The van der Waals surface area contributed by atoms with Crippen molar-refractivity contribution in [3.05, 3.63) is 55.1 Å². The topological polar surface area (TPSA) is 89.0 Å². The summed E-state index contributed by atoms with van der Waals surface area (Å²) >= 11 is 14.1. The highest BCUT2D eigenvalue weighted by molar-refractivity contribution is 14.1. The number of nitrogens with one attached hydrogen (secondary N) is 2. The molecule has 2 aromatic rings. The van der Waals surface area contributed by atoms with E-state index in [4.69, 9.17) is 32.7 Å². The fourth-order valence-electron chi connectivity index (χ4n) is 2.91. The van der Waals surface area contributed by atoms with Crippen molar-refractivity contribution in [1.29, 1.82) is 0 Å². The second-order valence-electron chi connectivity index (χ2n) is 7.99. The van der Waals surface area contributed by atoms with Gasteiger partial charge in [-0.2, -0.15) is 5.10 Å². The second kappa shape index (κ2) is 13.2. The minimum Gasteiger partial charge on any atom is -0.490 e. The van der Waals surface area contributed by atoms with Crippen LogP contribution in [0, 0.1) is 9.49 Å². The van der Waals surface area contributed by atoms with E-state index in [9.17, 15) is 9.59 Å². The number of hydrogen-bond acceptors (Lipinski definition) is 5. The number of carbonyl (C=O) groups is 2. The number of hydrazone groups is 1. The van der Waals surface area contributed by atoms with Crippen LogP contribution in [0.25, 0.3) is 0 Å². The molecule has 10 heteroatoms. The molecule has 0 aliphatic carbocycles. The number of benzene rings is 2. The van der Waals surface area contributed by atoms with E-state index in [1.807, 2.05) is 40.7 Å². The number of amides is 2. The number of nitrogens with zero attached hydrogens (tertiary/aromatic N) is 1. The zero-order chi connectivity index (χ0) is 25.4. The summed E-state index contributed by atoms with van der Waals surface area (Å²) in [5, 5.41) is 7.40. The van der Waals surface area contributed by atoms with E-state index in [1.54, 1.807) is 12.1 Å². The van der Waals surface area contributed by atoms with Gasteiger partial charge in [0.05, 0.1) is 32.5 Å². The highest BCUT2D eigenvalue weighted by atomic mass is 127. The Morgan fingerprint density at radius 3 is 2.41 bits per heavy atom. The third-order valence-electron chi connectivity index (χ3n) is 4.49. The van der Waals surface area contributed by atoms with E-state index in [0.717, 1.165) is 9.13 Å². The summed E-state index contributed by atoms with van der Waals surface area (Å²) in [6.07, 6.45) is 1.51. The Morgan fingerprint density at radius 2 is 1.82 bits per heavy atom. The SMILES string of the molecule is CCOc1cc(C=NNC(=O)C(NC(=O)c2ccc(Cl)c(Cl)c2)C(C)C)cc(I)c1OC(C)C. The summed E-state index contributed by atoms with van der Waals surface area (Å²) in [6, 6.07) is 7.40.